The fourth-order valence-corrected chi connectivity index (χ4v) is 0.600. The Kier molecular flexibility index (Phi) is 3.95. The molecule has 0 aliphatic carbocycles. The zero-order valence-electron chi connectivity index (χ0n) is 3.90. The summed E-state index contributed by atoms with van der Waals surface area (Å²) in [5, 5.41) is 8.14. The molecule has 0 aromatic heterocycles. The van der Waals surface area contributed by atoms with Gasteiger partial charge in [0.2, 0.25) is 0 Å². The number of carboxylic acid groups (broad SMARTS) is 1. The van der Waals surface area contributed by atoms with Gasteiger partial charge >= 0.3 is 5.97 Å². The third kappa shape index (κ3) is 2.35. The predicted octanol–water partition coefficient (Wildman–Crippen LogP) is 0.422. The van der Waals surface area contributed by atoms with Crippen molar-refractivity contribution in [1.82, 2.24) is 4.84 Å². The molecule has 2 N–H and O–H groups in total. The van der Waals surface area contributed by atoms with E-state index in [9.17, 15) is 4.79 Å². The Labute approximate surface area is 56.7 Å². The van der Waals surface area contributed by atoms with Crippen LogP contribution in [-0.2, 0) is 4.79 Å². The lowest BCUT2D eigenvalue weighted by molar-refractivity contribution is -0.138. The third-order valence-electron chi connectivity index (χ3n) is 0.584. The van der Waals surface area contributed by atoms with Crippen LogP contribution in [0.15, 0.2) is 0 Å². The van der Waals surface area contributed by atoms with E-state index in [1.54, 1.807) is 0 Å². The molecule has 8 heavy (non-hydrogen) atoms. The molecule has 0 bridgehead atoms. The summed E-state index contributed by atoms with van der Waals surface area (Å²) in [7, 11) is 0. The number of carboxylic acids is 1. The first kappa shape index (κ1) is 8.01. The Morgan fingerprint density at radius 2 is 2.38 bits per heavy atom. The highest BCUT2D eigenvalue weighted by Crippen LogP contribution is 1.88. The third-order valence-corrected chi connectivity index (χ3v) is 1.16. The van der Waals surface area contributed by atoms with Crippen molar-refractivity contribution in [2.75, 3.05) is 5.88 Å². The molecular formula is C3H5Cl2NO2. The number of hydrogen-bond acceptors (Lipinski definition) is 2. The molecule has 1 atom stereocenters. The summed E-state index contributed by atoms with van der Waals surface area (Å²) >= 11 is 10.1. The lowest BCUT2D eigenvalue weighted by Gasteiger charge is -2.01. The van der Waals surface area contributed by atoms with Crippen molar-refractivity contribution in [2.45, 2.75) is 6.04 Å². The smallest absolute Gasteiger partial charge is 0.323 e. The first-order valence-electron chi connectivity index (χ1n) is 1.87. The van der Waals surface area contributed by atoms with Crippen molar-refractivity contribution < 1.29 is 9.90 Å². The van der Waals surface area contributed by atoms with Gasteiger partial charge in [0.1, 0.15) is 6.04 Å². The molecule has 48 valence electrons. The van der Waals surface area contributed by atoms with Gasteiger partial charge in [-0.3, -0.25) is 4.79 Å². The van der Waals surface area contributed by atoms with E-state index in [0.29, 0.717) is 0 Å². The normalized spacial score (nSPS) is 13.2. The van der Waals surface area contributed by atoms with Gasteiger partial charge in [-0.2, -0.15) is 0 Å². The van der Waals surface area contributed by atoms with E-state index in [1.807, 2.05) is 4.84 Å². The van der Waals surface area contributed by atoms with Crippen molar-refractivity contribution in [3.63, 3.8) is 0 Å². The summed E-state index contributed by atoms with van der Waals surface area (Å²) in [6, 6.07) is -0.849. The van der Waals surface area contributed by atoms with Crippen LogP contribution in [0.3, 0.4) is 0 Å². The minimum atomic E-state index is -1.05. The first-order valence-corrected chi connectivity index (χ1v) is 2.78. The molecule has 5 heteroatoms. The SMILES string of the molecule is O=C(O)C(CCl)NCl. The van der Waals surface area contributed by atoms with Gasteiger partial charge in [-0.25, -0.2) is 4.84 Å². The van der Waals surface area contributed by atoms with Crippen LogP contribution in [0.1, 0.15) is 0 Å². The zero-order chi connectivity index (χ0) is 6.57. The van der Waals surface area contributed by atoms with E-state index in [2.05, 4.69) is 0 Å². The average Bonchev–Trinajstić information content (AvgIpc) is 1.69. The van der Waals surface area contributed by atoms with Crippen LogP contribution in [0.2, 0.25) is 0 Å². The predicted molar refractivity (Wildman–Crippen MR) is 31.1 cm³/mol. The van der Waals surface area contributed by atoms with Crippen LogP contribution < -0.4 is 4.84 Å². The van der Waals surface area contributed by atoms with E-state index >= 15 is 0 Å². The second-order valence-electron chi connectivity index (χ2n) is 1.15. The summed E-state index contributed by atoms with van der Waals surface area (Å²) in [5.41, 5.74) is 0. The molecule has 0 aromatic carbocycles. The van der Waals surface area contributed by atoms with Crippen molar-refractivity contribution >= 4 is 29.3 Å². The summed E-state index contributed by atoms with van der Waals surface area (Å²) in [4.78, 5) is 11.9. The maximum Gasteiger partial charge on any atom is 0.323 e. The van der Waals surface area contributed by atoms with Crippen LogP contribution in [0.4, 0.5) is 0 Å². The monoisotopic (exact) mass is 157 g/mol. The van der Waals surface area contributed by atoms with Gasteiger partial charge in [0.25, 0.3) is 0 Å². The number of hydrogen-bond donors (Lipinski definition) is 2. The molecule has 0 aromatic rings. The fourth-order valence-electron chi connectivity index (χ4n) is 0.142. The van der Waals surface area contributed by atoms with Crippen molar-refractivity contribution in [2.24, 2.45) is 0 Å². The standard InChI is InChI=1S/C3H5Cl2NO2/c4-1-2(6-5)3(7)8/h2,6H,1H2,(H,7,8). The average molecular weight is 158 g/mol. The summed E-state index contributed by atoms with van der Waals surface area (Å²) in [5.74, 6) is -1.08. The number of halogens is 2. The number of aliphatic carboxylic acids is 1. The van der Waals surface area contributed by atoms with E-state index in [0.717, 1.165) is 0 Å². The summed E-state index contributed by atoms with van der Waals surface area (Å²) in [6.07, 6.45) is 0. The molecule has 0 amide bonds. The van der Waals surface area contributed by atoms with E-state index in [4.69, 9.17) is 28.5 Å². The van der Waals surface area contributed by atoms with Crippen LogP contribution in [0.5, 0.6) is 0 Å². The molecule has 0 saturated heterocycles. The lowest BCUT2D eigenvalue weighted by atomic mass is 10.4. The van der Waals surface area contributed by atoms with E-state index in [-0.39, 0.29) is 5.88 Å². The number of alkyl halides is 1. The van der Waals surface area contributed by atoms with Gasteiger partial charge in [-0.1, -0.05) is 0 Å². The molecular weight excluding hydrogens is 153 g/mol. The topological polar surface area (TPSA) is 49.3 Å². The second kappa shape index (κ2) is 3.95. The second-order valence-corrected chi connectivity index (χ2v) is 1.68. The Hall–Kier alpha value is 0.01000. The quantitative estimate of drug-likeness (QED) is 0.462. The summed E-state index contributed by atoms with van der Waals surface area (Å²) < 4.78 is 0. The van der Waals surface area contributed by atoms with Crippen LogP contribution in [-0.4, -0.2) is 23.0 Å². The Morgan fingerprint density at radius 3 is 2.38 bits per heavy atom. The molecule has 0 aliphatic rings. The van der Waals surface area contributed by atoms with Crippen LogP contribution in [0, 0.1) is 0 Å². The summed E-state index contributed by atoms with van der Waals surface area (Å²) in [6.45, 7) is 0. The molecule has 0 radical (unpaired) electrons. The number of rotatable bonds is 3. The van der Waals surface area contributed by atoms with Gasteiger partial charge in [-0.15, -0.1) is 11.6 Å². The Balaban J connectivity index is 3.52. The van der Waals surface area contributed by atoms with Gasteiger partial charge in [0, 0.05) is 5.88 Å². The van der Waals surface area contributed by atoms with Gasteiger partial charge in [0.05, 0.1) is 0 Å². The molecule has 0 fully saturated rings. The zero-order valence-corrected chi connectivity index (χ0v) is 5.41. The van der Waals surface area contributed by atoms with Gasteiger partial charge < -0.3 is 5.11 Å². The number of nitrogens with one attached hydrogen (secondary N) is 1. The molecule has 1 unspecified atom stereocenters. The highest BCUT2D eigenvalue weighted by atomic mass is 35.5. The van der Waals surface area contributed by atoms with Gasteiger partial charge in [-0.05, 0) is 11.8 Å². The largest absolute Gasteiger partial charge is 0.480 e. The van der Waals surface area contributed by atoms with E-state index in [1.165, 1.54) is 0 Å². The molecule has 0 aliphatic heterocycles. The molecule has 0 rings (SSSR count). The minimum Gasteiger partial charge on any atom is -0.480 e. The first-order chi connectivity index (χ1) is 3.72. The van der Waals surface area contributed by atoms with Crippen LogP contribution in [0.25, 0.3) is 0 Å². The Bertz CT molecular complexity index is 83.4. The molecule has 3 nitrogen and oxygen atoms in total. The highest BCUT2D eigenvalue weighted by Gasteiger charge is 2.12. The maximum atomic E-state index is 9.93. The highest BCUT2D eigenvalue weighted by molar-refractivity contribution is 6.21. The molecule has 0 spiro atoms. The minimum absolute atomic E-state index is 0.0289. The Morgan fingerprint density at radius 1 is 1.88 bits per heavy atom. The molecule has 0 saturated carbocycles. The molecule has 0 heterocycles. The maximum absolute atomic E-state index is 9.93. The fraction of sp³-hybridized carbons (Fsp3) is 0.667. The van der Waals surface area contributed by atoms with Gasteiger partial charge in [0.15, 0.2) is 0 Å². The van der Waals surface area contributed by atoms with Crippen molar-refractivity contribution in [3.8, 4) is 0 Å². The van der Waals surface area contributed by atoms with Crippen LogP contribution >= 0.6 is 23.4 Å². The van der Waals surface area contributed by atoms with Crippen molar-refractivity contribution in [1.29, 1.82) is 0 Å². The number of carbonyl (C=O) groups is 1. The lowest BCUT2D eigenvalue weighted by Crippen LogP contribution is -2.31. The van der Waals surface area contributed by atoms with Crippen molar-refractivity contribution in [3.05, 3.63) is 0 Å². The van der Waals surface area contributed by atoms with E-state index < -0.39 is 12.0 Å².